The molecule has 6 rings (SSSR count). The number of halogens is 4. The number of esters is 1. The van der Waals surface area contributed by atoms with Gasteiger partial charge in [-0.25, -0.2) is 21.6 Å². The van der Waals surface area contributed by atoms with Crippen molar-refractivity contribution in [2.24, 2.45) is 5.92 Å². The highest BCUT2D eigenvalue weighted by Crippen LogP contribution is 2.39. The lowest BCUT2D eigenvalue weighted by atomic mass is 9.84. The zero-order valence-corrected chi connectivity index (χ0v) is 42.5. The molecular weight excluding hydrogens is 1020 g/mol. The molecule has 1 amide bonds. The van der Waals surface area contributed by atoms with Crippen molar-refractivity contribution in [1.29, 1.82) is 0 Å². The van der Waals surface area contributed by atoms with Gasteiger partial charge in [0.2, 0.25) is 0 Å². The summed E-state index contributed by atoms with van der Waals surface area (Å²) in [6.45, 7) is 1.03. The Kier molecular flexibility index (Phi) is 19.2. The predicted molar refractivity (Wildman–Crippen MR) is 270 cm³/mol. The molecule has 386 valence electrons. The fraction of sp³-hybridized carbons (Fsp3) is 0.340. The summed E-state index contributed by atoms with van der Waals surface area (Å²) in [4.78, 5) is 40.1. The van der Waals surface area contributed by atoms with Crippen LogP contribution in [0.5, 0.6) is 0 Å². The lowest BCUT2D eigenvalue weighted by molar-refractivity contribution is -0.146. The van der Waals surface area contributed by atoms with Gasteiger partial charge in [-0.1, -0.05) is 66.2 Å². The maximum Gasteiger partial charge on any atom is 0.501 e. The second kappa shape index (κ2) is 24.8. The number of anilines is 2. The minimum atomic E-state index is -6.17. The first-order chi connectivity index (χ1) is 34.1. The number of hydrogen-bond donors (Lipinski definition) is 4. The highest BCUT2D eigenvalue weighted by atomic mass is 35.5. The third-order valence-corrected chi connectivity index (χ3v) is 16.2. The van der Waals surface area contributed by atoms with Crippen LogP contribution in [0.1, 0.15) is 41.3 Å². The molecule has 0 spiro atoms. The summed E-state index contributed by atoms with van der Waals surface area (Å²) < 4.78 is 103. The number of likely N-dealkylation sites (N-methyl/N-ethyl adjacent to an activating group) is 2. The van der Waals surface area contributed by atoms with Crippen LogP contribution in [0.25, 0.3) is 11.1 Å². The number of carbonyl (C=O) groups is 3. The van der Waals surface area contributed by atoms with E-state index in [0.717, 1.165) is 39.4 Å². The van der Waals surface area contributed by atoms with Crippen molar-refractivity contribution in [3.05, 3.63) is 137 Å². The van der Waals surface area contributed by atoms with Crippen molar-refractivity contribution in [3.63, 3.8) is 0 Å². The van der Waals surface area contributed by atoms with Crippen LogP contribution in [-0.4, -0.2) is 132 Å². The molecule has 1 saturated heterocycles. The van der Waals surface area contributed by atoms with Crippen molar-refractivity contribution in [1.82, 2.24) is 14.5 Å². The van der Waals surface area contributed by atoms with Crippen LogP contribution in [0.2, 0.25) is 5.02 Å². The molecule has 5 aromatic carbocycles. The summed E-state index contributed by atoms with van der Waals surface area (Å²) in [6, 6.07) is 31.7. The van der Waals surface area contributed by atoms with Crippen molar-refractivity contribution >= 4 is 72.4 Å². The third kappa shape index (κ3) is 15.2. The number of sulfone groups is 1. The van der Waals surface area contributed by atoms with Crippen LogP contribution in [0.4, 0.5) is 24.5 Å². The molecule has 0 bridgehead atoms. The molecule has 0 aliphatic carbocycles. The minimum Gasteiger partial charge on any atom is -0.480 e. The van der Waals surface area contributed by atoms with Crippen LogP contribution >= 0.6 is 23.4 Å². The highest BCUT2D eigenvalue weighted by Gasteiger charge is 2.48. The van der Waals surface area contributed by atoms with Gasteiger partial charge in [-0.3, -0.25) is 19.3 Å². The Morgan fingerprint density at radius 1 is 0.847 bits per heavy atom. The number of benzene rings is 5. The normalized spacial score (nSPS) is 14.5. The number of amides is 1. The van der Waals surface area contributed by atoms with Crippen molar-refractivity contribution in [2.75, 3.05) is 75.9 Å². The Bertz CT molecular complexity index is 2880. The van der Waals surface area contributed by atoms with Crippen LogP contribution < -0.4 is 14.9 Å². The zero-order valence-electron chi connectivity index (χ0n) is 39.3. The molecule has 0 saturated carbocycles. The molecule has 2 atom stereocenters. The average molecular weight is 1070 g/mol. The first-order valence-electron chi connectivity index (χ1n) is 22.7. The summed E-state index contributed by atoms with van der Waals surface area (Å²) in [7, 11) is -7.96. The molecule has 72 heavy (non-hydrogen) atoms. The van der Waals surface area contributed by atoms with E-state index in [1.54, 1.807) is 54.4 Å². The van der Waals surface area contributed by atoms with Gasteiger partial charge in [0, 0.05) is 52.6 Å². The number of carboxylic acid groups (broad SMARTS) is 1. The molecule has 15 nitrogen and oxygen atoms in total. The topological polar surface area (TPSA) is 203 Å². The number of rotatable bonds is 23. The molecule has 1 aliphatic rings. The van der Waals surface area contributed by atoms with Crippen LogP contribution in [0.15, 0.2) is 136 Å². The molecule has 5 aromatic rings. The number of sulfonamides is 1. The van der Waals surface area contributed by atoms with Gasteiger partial charge in [-0.2, -0.15) is 13.2 Å². The number of carboxylic acids is 1. The maximum absolute atomic E-state index is 14.3. The smallest absolute Gasteiger partial charge is 0.480 e. The number of carbonyl (C=O) groups excluding carboxylic acids is 2. The second-order valence-corrected chi connectivity index (χ2v) is 22.4. The monoisotopic (exact) mass is 1070 g/mol. The summed E-state index contributed by atoms with van der Waals surface area (Å²) in [6.07, 6.45) is 0.811. The van der Waals surface area contributed by atoms with Gasteiger partial charge >= 0.3 is 17.4 Å². The number of aliphatic hydroxyl groups is 1. The number of piperidine rings is 1. The molecule has 4 N–H and O–H groups in total. The van der Waals surface area contributed by atoms with E-state index in [-0.39, 0.29) is 56.4 Å². The molecular formula is C50H55ClF3N5O10S3. The molecule has 0 unspecified atom stereocenters. The van der Waals surface area contributed by atoms with Gasteiger partial charge in [0.25, 0.3) is 25.8 Å². The molecule has 1 heterocycles. The first-order valence-corrected chi connectivity index (χ1v) is 27.0. The van der Waals surface area contributed by atoms with E-state index >= 15 is 0 Å². The van der Waals surface area contributed by atoms with Gasteiger partial charge in [0.05, 0.1) is 29.8 Å². The maximum atomic E-state index is 14.3. The summed E-state index contributed by atoms with van der Waals surface area (Å²) >= 11 is 7.44. The number of aliphatic hydroxyl groups excluding tert-OH is 1. The zero-order chi connectivity index (χ0) is 52.2. The van der Waals surface area contributed by atoms with E-state index in [1.807, 2.05) is 53.3 Å². The van der Waals surface area contributed by atoms with Gasteiger partial charge in [-0.15, -0.1) is 11.8 Å². The lowest BCUT2D eigenvalue weighted by Crippen LogP contribution is -2.36. The molecule has 1 aliphatic heterocycles. The standard InChI is InChI=1S/C50H55ClF3N5O10S3/c1-57(28-29-69-47(62)32-58(2)31-46(60)61)25-24-38(33-70-40-8-4-3-5-9-40)55-44-21-20-41(30-45(44)71(65,66)50(52,53)54)72(67,68)56-49(64)36-14-18-39(19-15-36)59-26-22-35(23-27-59)48(63)43-11-7-6-10-42(43)34-12-16-37(51)17-13-34/h3-21,30,35,38,48,55,63H,22-29,31-33H2,1-2H3,(H,56,64)(H,60,61)/t38-,48-/m1/s1. The van der Waals surface area contributed by atoms with Crippen molar-refractivity contribution in [2.45, 2.75) is 51.6 Å². The minimum absolute atomic E-state index is 0.0423. The van der Waals surface area contributed by atoms with Gasteiger partial charge in [0.15, 0.2) is 0 Å². The highest BCUT2D eigenvalue weighted by molar-refractivity contribution is 7.99. The first kappa shape index (κ1) is 55.6. The van der Waals surface area contributed by atoms with E-state index in [2.05, 4.69) is 10.2 Å². The number of hydrogen-bond acceptors (Lipinski definition) is 14. The lowest BCUT2D eigenvalue weighted by Gasteiger charge is -2.36. The van der Waals surface area contributed by atoms with Gasteiger partial charge in [0.1, 0.15) is 11.5 Å². The summed E-state index contributed by atoms with van der Waals surface area (Å²) in [5.74, 6) is -2.67. The van der Waals surface area contributed by atoms with E-state index in [9.17, 15) is 49.5 Å². The van der Waals surface area contributed by atoms with Crippen LogP contribution in [0, 0.1) is 5.92 Å². The van der Waals surface area contributed by atoms with E-state index in [4.69, 9.17) is 21.4 Å². The third-order valence-electron chi connectivity index (χ3n) is 12.0. The fourth-order valence-corrected chi connectivity index (χ4v) is 11.2. The van der Waals surface area contributed by atoms with Gasteiger partial charge < -0.3 is 30.1 Å². The SMILES string of the molecule is CN(CCOC(=O)CN(C)CC(=O)O)CC[C@H](CSc1ccccc1)Nc1ccc(S(=O)(=O)NC(=O)c2ccc(N3CCC([C@@H](O)c4ccccc4-c4ccc(Cl)cc4)CC3)cc2)cc1S(=O)(=O)C(F)(F)F. The average Bonchev–Trinajstić information content (AvgIpc) is 3.34. The van der Waals surface area contributed by atoms with Crippen LogP contribution in [0.3, 0.4) is 0 Å². The van der Waals surface area contributed by atoms with Gasteiger partial charge in [-0.05, 0) is 129 Å². The fourth-order valence-electron chi connectivity index (χ4n) is 8.06. The van der Waals surface area contributed by atoms with Crippen molar-refractivity contribution < 1.29 is 59.3 Å². The molecule has 22 heteroatoms. The largest absolute Gasteiger partial charge is 0.501 e. The number of nitrogens with zero attached hydrogens (tertiary/aromatic N) is 3. The Labute approximate surface area is 426 Å². The Morgan fingerprint density at radius 3 is 2.15 bits per heavy atom. The predicted octanol–water partition coefficient (Wildman–Crippen LogP) is 7.82. The number of ether oxygens (including phenoxy) is 1. The summed E-state index contributed by atoms with van der Waals surface area (Å²) in [5.41, 5.74) is -3.04. The quantitative estimate of drug-likeness (QED) is 0.0364. The van der Waals surface area contributed by atoms with Crippen LogP contribution in [-0.2, 0) is 34.2 Å². The van der Waals surface area contributed by atoms with Crippen molar-refractivity contribution in [3.8, 4) is 11.1 Å². The number of nitrogens with one attached hydrogen (secondary N) is 2. The molecule has 0 aromatic heterocycles. The number of thioether (sulfide) groups is 1. The van der Waals surface area contributed by atoms with E-state index in [0.29, 0.717) is 37.0 Å². The summed E-state index contributed by atoms with van der Waals surface area (Å²) in [5, 5.41) is 23.9. The Hall–Kier alpha value is -5.68. The van der Waals surface area contributed by atoms with E-state index in [1.165, 1.54) is 35.8 Å². The molecule has 1 fully saturated rings. The Morgan fingerprint density at radius 2 is 1.50 bits per heavy atom. The van der Waals surface area contributed by atoms with E-state index < -0.39 is 70.8 Å². The molecule has 0 radical (unpaired) electrons. The number of aliphatic carboxylic acids is 1. The second-order valence-electron chi connectivity index (χ2n) is 17.3. The number of alkyl halides is 3. The Balaban J connectivity index is 1.11.